The molecule has 1 rings (SSSR count). The van der Waals surface area contributed by atoms with E-state index in [0.717, 1.165) is 12.3 Å². The van der Waals surface area contributed by atoms with Gasteiger partial charge in [-0.05, 0) is 27.6 Å². The van der Waals surface area contributed by atoms with Crippen molar-refractivity contribution in [1.29, 1.82) is 0 Å². The molecule has 0 amide bonds. The molecular weight excluding hydrogens is 184 g/mol. The second-order valence-corrected chi connectivity index (χ2v) is 2.28. The highest BCUT2D eigenvalue weighted by Crippen LogP contribution is 2.10. The molecule has 0 aliphatic rings. The summed E-state index contributed by atoms with van der Waals surface area (Å²) in [7, 11) is 0. The molecule has 0 radical (unpaired) electrons. The van der Waals surface area contributed by atoms with Crippen molar-refractivity contribution in [3.05, 3.63) is 34.0 Å². The Labute approximate surface area is 72.1 Å². The van der Waals surface area contributed by atoms with Gasteiger partial charge >= 0.3 is 5.82 Å². The Morgan fingerprint density at radius 2 is 2.33 bits per heavy atom. The Balaban J connectivity index is 3.12. The second-order valence-electron chi connectivity index (χ2n) is 1.93. The standard InChI is InChI=1S/C6H3ClN2O3/c7-6(10)4-1-2-8-5(3-4)9(11)12/h1-3H. The number of hydrogen-bond acceptors (Lipinski definition) is 4. The van der Waals surface area contributed by atoms with Crippen molar-refractivity contribution >= 4 is 22.7 Å². The zero-order chi connectivity index (χ0) is 9.14. The van der Waals surface area contributed by atoms with Crippen LogP contribution in [-0.4, -0.2) is 15.1 Å². The number of nitro groups is 1. The number of carbonyl (C=O) groups excluding carboxylic acids is 1. The molecule has 1 aromatic heterocycles. The zero-order valence-electron chi connectivity index (χ0n) is 5.73. The van der Waals surface area contributed by atoms with Gasteiger partial charge in [-0.3, -0.25) is 4.79 Å². The van der Waals surface area contributed by atoms with E-state index < -0.39 is 10.2 Å². The summed E-state index contributed by atoms with van der Waals surface area (Å²) in [4.78, 5) is 23.4. The summed E-state index contributed by atoms with van der Waals surface area (Å²) >= 11 is 5.09. The lowest BCUT2D eigenvalue weighted by Gasteiger charge is -1.92. The van der Waals surface area contributed by atoms with Crippen LogP contribution in [0, 0.1) is 10.1 Å². The molecule has 0 fully saturated rings. The van der Waals surface area contributed by atoms with E-state index in [2.05, 4.69) is 4.98 Å². The predicted octanol–water partition coefficient (Wildman–Crippen LogP) is 1.37. The van der Waals surface area contributed by atoms with Gasteiger partial charge in [0.1, 0.15) is 6.20 Å². The first-order valence-electron chi connectivity index (χ1n) is 2.91. The van der Waals surface area contributed by atoms with Crippen molar-refractivity contribution in [3.63, 3.8) is 0 Å². The van der Waals surface area contributed by atoms with Crippen molar-refractivity contribution in [2.24, 2.45) is 0 Å². The van der Waals surface area contributed by atoms with Gasteiger partial charge in [-0.15, -0.1) is 0 Å². The van der Waals surface area contributed by atoms with Crippen molar-refractivity contribution in [1.82, 2.24) is 4.98 Å². The van der Waals surface area contributed by atoms with Gasteiger partial charge < -0.3 is 10.1 Å². The molecule has 0 bridgehead atoms. The van der Waals surface area contributed by atoms with Crippen LogP contribution in [0.15, 0.2) is 18.3 Å². The number of aromatic nitrogens is 1. The summed E-state index contributed by atoms with van der Waals surface area (Å²) in [6.45, 7) is 0. The van der Waals surface area contributed by atoms with Gasteiger partial charge in [0.05, 0.1) is 0 Å². The highest BCUT2D eigenvalue weighted by molar-refractivity contribution is 6.67. The van der Waals surface area contributed by atoms with Crippen LogP contribution < -0.4 is 0 Å². The van der Waals surface area contributed by atoms with Crippen LogP contribution in [0.3, 0.4) is 0 Å². The van der Waals surface area contributed by atoms with Crippen LogP contribution in [0.25, 0.3) is 0 Å². The lowest BCUT2D eigenvalue weighted by molar-refractivity contribution is -0.389. The molecule has 6 heteroatoms. The van der Waals surface area contributed by atoms with E-state index >= 15 is 0 Å². The third-order valence-corrected chi connectivity index (χ3v) is 1.38. The normalized spacial score (nSPS) is 9.42. The van der Waals surface area contributed by atoms with Crippen LogP contribution in [-0.2, 0) is 0 Å². The number of hydrogen-bond donors (Lipinski definition) is 0. The van der Waals surface area contributed by atoms with Crippen molar-refractivity contribution < 1.29 is 9.72 Å². The van der Waals surface area contributed by atoms with E-state index in [9.17, 15) is 14.9 Å². The van der Waals surface area contributed by atoms with Crippen molar-refractivity contribution in [2.75, 3.05) is 0 Å². The highest BCUT2D eigenvalue weighted by atomic mass is 35.5. The minimum Gasteiger partial charge on any atom is -0.358 e. The molecule has 12 heavy (non-hydrogen) atoms. The molecule has 62 valence electrons. The number of pyridine rings is 1. The van der Waals surface area contributed by atoms with Gasteiger partial charge in [-0.2, -0.15) is 0 Å². The minimum absolute atomic E-state index is 0.0679. The maximum absolute atomic E-state index is 10.5. The molecular formula is C6H3ClN2O3. The molecule has 0 unspecified atom stereocenters. The third kappa shape index (κ3) is 1.76. The topological polar surface area (TPSA) is 73.1 Å². The Morgan fingerprint density at radius 3 is 2.83 bits per heavy atom. The number of carbonyl (C=O) groups is 1. The van der Waals surface area contributed by atoms with Gasteiger partial charge in [0.25, 0.3) is 5.24 Å². The van der Waals surface area contributed by atoms with Crippen molar-refractivity contribution in [3.8, 4) is 0 Å². The molecule has 5 nitrogen and oxygen atoms in total. The number of nitrogens with zero attached hydrogens (tertiary/aromatic N) is 2. The summed E-state index contributed by atoms with van der Waals surface area (Å²) in [6, 6.07) is 2.33. The third-order valence-electron chi connectivity index (χ3n) is 1.16. The van der Waals surface area contributed by atoms with E-state index in [-0.39, 0.29) is 11.4 Å². The molecule has 0 N–H and O–H groups in total. The maximum Gasteiger partial charge on any atom is 0.364 e. The molecule has 0 aliphatic carbocycles. The molecule has 0 aromatic carbocycles. The van der Waals surface area contributed by atoms with Gasteiger partial charge in [0, 0.05) is 11.6 Å². The lowest BCUT2D eigenvalue weighted by Crippen LogP contribution is -1.95. The molecule has 0 spiro atoms. The van der Waals surface area contributed by atoms with Crippen LogP contribution >= 0.6 is 11.6 Å². The summed E-state index contributed by atoms with van der Waals surface area (Å²) in [5.41, 5.74) is 0.0679. The van der Waals surface area contributed by atoms with E-state index in [0.29, 0.717) is 0 Å². The molecule has 1 heterocycles. The minimum atomic E-state index is -0.736. The Bertz CT molecular complexity index is 310. The lowest BCUT2D eigenvalue weighted by atomic mass is 10.3. The average molecular weight is 187 g/mol. The Kier molecular flexibility index (Phi) is 2.35. The van der Waals surface area contributed by atoms with E-state index in [1.54, 1.807) is 0 Å². The first-order valence-corrected chi connectivity index (χ1v) is 3.29. The fraction of sp³-hybridized carbons (Fsp3) is 0. The van der Waals surface area contributed by atoms with E-state index in [1.807, 2.05) is 0 Å². The first kappa shape index (κ1) is 8.61. The van der Waals surface area contributed by atoms with Crippen LogP contribution in [0.2, 0.25) is 0 Å². The van der Waals surface area contributed by atoms with E-state index in [1.165, 1.54) is 6.07 Å². The van der Waals surface area contributed by atoms with Gasteiger partial charge in [-0.25, -0.2) is 0 Å². The fourth-order valence-electron chi connectivity index (χ4n) is 0.641. The number of halogens is 1. The van der Waals surface area contributed by atoms with Crippen LogP contribution in [0.1, 0.15) is 10.4 Å². The maximum atomic E-state index is 10.5. The van der Waals surface area contributed by atoms with Crippen LogP contribution in [0.4, 0.5) is 5.82 Å². The van der Waals surface area contributed by atoms with Gasteiger partial charge in [0.2, 0.25) is 0 Å². The number of rotatable bonds is 2. The first-order chi connectivity index (χ1) is 5.61. The molecule has 0 saturated heterocycles. The summed E-state index contributed by atoms with van der Waals surface area (Å²) in [5, 5.41) is 9.43. The molecule has 0 atom stereocenters. The van der Waals surface area contributed by atoms with Crippen molar-refractivity contribution in [2.45, 2.75) is 0 Å². The molecule has 1 aromatic rings. The summed E-state index contributed by atoms with van der Waals surface area (Å²) in [5.74, 6) is -0.387. The molecule has 0 saturated carbocycles. The Hall–Kier alpha value is -1.49. The van der Waals surface area contributed by atoms with E-state index in [4.69, 9.17) is 11.6 Å². The fourth-order valence-corrected chi connectivity index (χ4v) is 0.758. The highest BCUT2D eigenvalue weighted by Gasteiger charge is 2.10. The SMILES string of the molecule is O=C(Cl)c1ccnc([N+](=O)[O-])c1. The van der Waals surface area contributed by atoms with Gasteiger partial charge in [0.15, 0.2) is 0 Å². The molecule has 0 aliphatic heterocycles. The second kappa shape index (κ2) is 3.27. The summed E-state index contributed by atoms with van der Waals surface area (Å²) in [6.07, 6.45) is 1.16. The zero-order valence-corrected chi connectivity index (χ0v) is 6.49. The summed E-state index contributed by atoms with van der Waals surface area (Å²) < 4.78 is 0. The predicted molar refractivity (Wildman–Crippen MR) is 41.1 cm³/mol. The quantitative estimate of drug-likeness (QED) is 0.397. The van der Waals surface area contributed by atoms with Crippen LogP contribution in [0.5, 0.6) is 0 Å². The monoisotopic (exact) mass is 186 g/mol. The Morgan fingerprint density at radius 1 is 1.67 bits per heavy atom. The average Bonchev–Trinajstić information content (AvgIpc) is 2.04. The smallest absolute Gasteiger partial charge is 0.358 e. The van der Waals surface area contributed by atoms with Gasteiger partial charge in [-0.1, -0.05) is 0 Å². The largest absolute Gasteiger partial charge is 0.364 e.